The van der Waals surface area contributed by atoms with Gasteiger partial charge in [-0.3, -0.25) is 19.1 Å². The number of ether oxygens (including phenoxy) is 3. The lowest BCUT2D eigenvalue weighted by Crippen LogP contribution is -2.54. The number of aldehydes is 1. The lowest BCUT2D eigenvalue weighted by Gasteiger charge is -2.30. The van der Waals surface area contributed by atoms with Crippen molar-refractivity contribution in [2.75, 3.05) is 52.7 Å². The van der Waals surface area contributed by atoms with Gasteiger partial charge in [0.1, 0.15) is 12.3 Å². The first-order valence-corrected chi connectivity index (χ1v) is 15.4. The first-order chi connectivity index (χ1) is 21.6. The Morgan fingerprint density at radius 3 is 2.24 bits per heavy atom. The lowest BCUT2D eigenvalue weighted by atomic mass is 9.86. The summed E-state index contributed by atoms with van der Waals surface area (Å²) >= 11 is 0. The quantitative estimate of drug-likeness (QED) is 0.0809. The molecule has 2 unspecified atom stereocenters. The summed E-state index contributed by atoms with van der Waals surface area (Å²) in [7, 11) is 0. The maximum atomic E-state index is 13.4. The van der Waals surface area contributed by atoms with Crippen LogP contribution in [0.15, 0.2) is 36.9 Å². The maximum Gasteiger partial charge on any atom is 0.273 e. The van der Waals surface area contributed by atoms with Gasteiger partial charge in [-0.2, -0.15) is 5.10 Å². The molecule has 13 heteroatoms. The minimum atomic E-state index is -0.785. The third-order valence-corrected chi connectivity index (χ3v) is 6.79. The molecule has 1 aromatic carbocycles. The molecule has 0 aliphatic rings. The van der Waals surface area contributed by atoms with Gasteiger partial charge in [0, 0.05) is 31.4 Å². The van der Waals surface area contributed by atoms with E-state index in [2.05, 4.69) is 27.6 Å². The van der Waals surface area contributed by atoms with Crippen LogP contribution in [0.5, 0.6) is 0 Å². The summed E-state index contributed by atoms with van der Waals surface area (Å²) in [5, 5.41) is 13.8. The molecule has 1 heterocycles. The SMILES string of the molecule is C=CCCCn1nc(C(=O)NC(C(=O)NCCOCCOCCOCCNC(=O)CCC(N)C=O)C(C)(C)C)c2ccccc21. The Morgan fingerprint density at radius 2 is 1.62 bits per heavy atom. The van der Waals surface area contributed by atoms with Gasteiger partial charge >= 0.3 is 0 Å². The molecule has 2 rings (SSSR count). The highest BCUT2D eigenvalue weighted by molar-refractivity contribution is 6.06. The average molecular weight is 631 g/mol. The summed E-state index contributed by atoms with van der Waals surface area (Å²) in [5.41, 5.74) is 6.07. The van der Waals surface area contributed by atoms with Crippen LogP contribution in [-0.2, 0) is 35.1 Å². The van der Waals surface area contributed by atoms with Crippen molar-refractivity contribution in [3.63, 3.8) is 0 Å². The number of para-hydroxylation sites is 1. The highest BCUT2D eigenvalue weighted by atomic mass is 16.5. The van der Waals surface area contributed by atoms with Gasteiger partial charge in [-0.05, 0) is 30.7 Å². The van der Waals surface area contributed by atoms with E-state index in [1.807, 2.05) is 55.8 Å². The third kappa shape index (κ3) is 13.9. The Balaban J connectivity index is 1.66. The van der Waals surface area contributed by atoms with E-state index in [0.717, 1.165) is 23.7 Å². The summed E-state index contributed by atoms with van der Waals surface area (Å²) in [6.45, 7) is 12.8. The number of aryl methyl sites for hydroxylation is 1. The van der Waals surface area contributed by atoms with Gasteiger partial charge in [0.05, 0.1) is 51.2 Å². The fourth-order valence-corrected chi connectivity index (χ4v) is 4.33. The second kappa shape index (κ2) is 20.4. The number of unbranched alkanes of at least 4 members (excludes halogenated alkanes) is 1. The Morgan fingerprint density at radius 1 is 1.00 bits per heavy atom. The second-order valence-corrected chi connectivity index (χ2v) is 11.6. The first-order valence-electron chi connectivity index (χ1n) is 15.4. The molecule has 3 amide bonds. The molecule has 2 atom stereocenters. The number of carbonyl (C=O) groups excluding carboxylic acids is 4. The Labute approximate surface area is 265 Å². The van der Waals surface area contributed by atoms with Crippen LogP contribution in [-0.4, -0.2) is 98.6 Å². The summed E-state index contributed by atoms with van der Waals surface area (Å²) in [6.07, 6.45) is 4.70. The molecule has 0 aliphatic heterocycles. The number of nitrogens with two attached hydrogens (primary N) is 1. The summed E-state index contributed by atoms with van der Waals surface area (Å²) in [4.78, 5) is 48.5. The number of aromatic nitrogens is 2. The predicted molar refractivity (Wildman–Crippen MR) is 172 cm³/mol. The van der Waals surface area contributed by atoms with E-state index < -0.39 is 23.4 Å². The summed E-state index contributed by atoms with van der Waals surface area (Å²) < 4.78 is 18.2. The molecule has 0 spiro atoms. The minimum Gasteiger partial charge on any atom is -0.377 e. The molecule has 13 nitrogen and oxygen atoms in total. The number of allylic oxidation sites excluding steroid dienone is 1. The predicted octanol–water partition coefficient (Wildman–Crippen LogP) is 1.74. The summed E-state index contributed by atoms with van der Waals surface area (Å²) in [6, 6.07) is 6.17. The smallest absolute Gasteiger partial charge is 0.273 e. The van der Waals surface area contributed by atoms with Crippen LogP contribution >= 0.6 is 0 Å². The van der Waals surface area contributed by atoms with E-state index in [0.29, 0.717) is 64.5 Å². The van der Waals surface area contributed by atoms with Crippen LogP contribution in [0.4, 0.5) is 0 Å². The van der Waals surface area contributed by atoms with Gasteiger partial charge in [-0.15, -0.1) is 6.58 Å². The van der Waals surface area contributed by atoms with Crippen molar-refractivity contribution >= 4 is 34.9 Å². The highest BCUT2D eigenvalue weighted by Gasteiger charge is 2.34. The molecular formula is C32H50N6O7. The van der Waals surface area contributed by atoms with Crippen molar-refractivity contribution < 1.29 is 33.4 Å². The van der Waals surface area contributed by atoms with Crippen molar-refractivity contribution in [3.8, 4) is 0 Å². The number of hydrogen-bond donors (Lipinski definition) is 4. The number of benzene rings is 1. The average Bonchev–Trinajstić information content (AvgIpc) is 3.38. The monoisotopic (exact) mass is 630 g/mol. The van der Waals surface area contributed by atoms with Crippen LogP contribution < -0.4 is 21.7 Å². The Bertz CT molecular complexity index is 1230. The zero-order valence-corrected chi connectivity index (χ0v) is 26.8. The minimum absolute atomic E-state index is 0.175. The number of amides is 3. The molecule has 2 aromatic rings. The largest absolute Gasteiger partial charge is 0.377 e. The van der Waals surface area contributed by atoms with Gasteiger partial charge in [-0.25, -0.2) is 0 Å². The van der Waals surface area contributed by atoms with Crippen molar-refractivity contribution in [3.05, 3.63) is 42.6 Å². The zero-order chi connectivity index (χ0) is 33.1. The van der Waals surface area contributed by atoms with Crippen molar-refractivity contribution in [2.24, 2.45) is 11.1 Å². The topological polar surface area (TPSA) is 176 Å². The number of nitrogens with one attached hydrogen (secondary N) is 3. The number of nitrogens with zero attached hydrogens (tertiary/aromatic N) is 2. The second-order valence-electron chi connectivity index (χ2n) is 11.6. The normalized spacial score (nSPS) is 12.8. The van der Waals surface area contributed by atoms with Gasteiger partial charge in [0.15, 0.2) is 5.69 Å². The first kappa shape index (κ1) is 37.5. The Kier molecular flexibility index (Phi) is 17.0. The maximum absolute atomic E-state index is 13.4. The summed E-state index contributed by atoms with van der Waals surface area (Å²) in [5.74, 6) is -0.878. The van der Waals surface area contributed by atoms with Crippen molar-refractivity contribution in [1.29, 1.82) is 0 Å². The zero-order valence-electron chi connectivity index (χ0n) is 26.8. The van der Waals surface area contributed by atoms with Gasteiger partial charge in [0.2, 0.25) is 11.8 Å². The van der Waals surface area contributed by atoms with Crippen LogP contribution in [0.2, 0.25) is 0 Å². The van der Waals surface area contributed by atoms with Gasteiger partial charge < -0.3 is 40.7 Å². The third-order valence-electron chi connectivity index (χ3n) is 6.79. The van der Waals surface area contributed by atoms with E-state index >= 15 is 0 Å². The van der Waals surface area contributed by atoms with E-state index in [4.69, 9.17) is 19.9 Å². The fraction of sp³-hybridized carbons (Fsp3) is 0.594. The van der Waals surface area contributed by atoms with Crippen LogP contribution in [0.1, 0.15) is 56.9 Å². The standard InChI is InChI=1S/C32H50N6O7/c1-5-6-9-16-38-26-11-8-7-10-25(26)28(37-38)30(41)36-29(32(2,3)4)31(42)35-15-18-44-20-22-45-21-19-43-17-14-34-27(40)13-12-24(33)23-39/h5,7-8,10-11,23-24,29H,1,6,9,12-22,33H2,2-4H3,(H,34,40)(H,35,42)(H,36,41). The molecule has 0 radical (unpaired) electrons. The van der Waals surface area contributed by atoms with Gasteiger partial charge in [-0.1, -0.05) is 45.0 Å². The van der Waals surface area contributed by atoms with Crippen LogP contribution in [0.25, 0.3) is 10.9 Å². The van der Waals surface area contributed by atoms with Crippen LogP contribution in [0, 0.1) is 5.41 Å². The molecule has 0 saturated heterocycles. The number of hydrogen-bond acceptors (Lipinski definition) is 9. The molecule has 250 valence electrons. The molecule has 5 N–H and O–H groups in total. The molecular weight excluding hydrogens is 580 g/mol. The fourth-order valence-electron chi connectivity index (χ4n) is 4.33. The van der Waals surface area contributed by atoms with E-state index in [9.17, 15) is 19.2 Å². The molecule has 0 fully saturated rings. The molecule has 0 aliphatic carbocycles. The van der Waals surface area contributed by atoms with E-state index in [1.165, 1.54) is 0 Å². The molecule has 0 saturated carbocycles. The van der Waals surface area contributed by atoms with Crippen molar-refractivity contribution in [1.82, 2.24) is 25.7 Å². The molecule has 0 bridgehead atoms. The van der Waals surface area contributed by atoms with Crippen LogP contribution in [0.3, 0.4) is 0 Å². The van der Waals surface area contributed by atoms with Crippen molar-refractivity contribution in [2.45, 2.75) is 65.1 Å². The Hall–Kier alpha value is -3.65. The molecule has 1 aromatic heterocycles. The lowest BCUT2D eigenvalue weighted by molar-refractivity contribution is -0.125. The molecule has 45 heavy (non-hydrogen) atoms. The van der Waals surface area contributed by atoms with Gasteiger partial charge in [0.25, 0.3) is 5.91 Å². The highest BCUT2D eigenvalue weighted by Crippen LogP contribution is 2.22. The number of carbonyl (C=O) groups is 4. The number of rotatable bonds is 23. The number of fused-ring (bicyclic) bond motifs is 1. The van der Waals surface area contributed by atoms with E-state index in [-0.39, 0.29) is 31.4 Å². The van der Waals surface area contributed by atoms with E-state index in [1.54, 1.807) is 0 Å².